The lowest BCUT2D eigenvalue weighted by molar-refractivity contribution is 0.0601. The van der Waals surface area contributed by atoms with Crippen molar-refractivity contribution in [3.8, 4) is 11.1 Å². The van der Waals surface area contributed by atoms with Crippen molar-refractivity contribution in [1.82, 2.24) is 0 Å². The van der Waals surface area contributed by atoms with Crippen LogP contribution in [0.1, 0.15) is 23.2 Å². The Labute approximate surface area is 125 Å². The number of benzene rings is 2. The standard InChI is InChI=1S/C18H19NO2/c1-21-18(20)16-6-4-14(5-7-16)15-8-10-17(11-9-15)19-12-2-3-13-19/h4-11H,2-3,12-13H2,1H3. The largest absolute Gasteiger partial charge is 0.465 e. The quantitative estimate of drug-likeness (QED) is 0.803. The van der Waals surface area contributed by atoms with Crippen molar-refractivity contribution in [2.24, 2.45) is 0 Å². The molecule has 108 valence electrons. The molecule has 0 amide bonds. The first kappa shape index (κ1) is 13.7. The number of rotatable bonds is 3. The molecule has 1 saturated heterocycles. The molecule has 21 heavy (non-hydrogen) atoms. The number of hydrogen-bond donors (Lipinski definition) is 0. The lowest BCUT2D eigenvalue weighted by atomic mass is 10.0. The van der Waals surface area contributed by atoms with Gasteiger partial charge in [-0.25, -0.2) is 4.79 Å². The molecule has 0 radical (unpaired) electrons. The number of carbonyl (C=O) groups is 1. The highest BCUT2D eigenvalue weighted by Gasteiger charge is 2.12. The van der Waals surface area contributed by atoms with Crippen LogP contribution in [0.25, 0.3) is 11.1 Å². The summed E-state index contributed by atoms with van der Waals surface area (Å²) in [5, 5.41) is 0. The molecule has 3 heteroatoms. The first-order chi connectivity index (χ1) is 10.3. The highest BCUT2D eigenvalue weighted by Crippen LogP contribution is 2.25. The van der Waals surface area contributed by atoms with E-state index in [0.29, 0.717) is 5.56 Å². The molecule has 1 fully saturated rings. The molecule has 1 aliphatic rings. The van der Waals surface area contributed by atoms with Gasteiger partial charge in [-0.2, -0.15) is 0 Å². The molecule has 0 spiro atoms. The summed E-state index contributed by atoms with van der Waals surface area (Å²) in [6.07, 6.45) is 2.58. The monoisotopic (exact) mass is 281 g/mol. The van der Waals surface area contributed by atoms with Gasteiger partial charge in [-0.05, 0) is 48.2 Å². The highest BCUT2D eigenvalue weighted by molar-refractivity contribution is 5.90. The summed E-state index contributed by atoms with van der Waals surface area (Å²) in [6, 6.07) is 16.1. The van der Waals surface area contributed by atoms with Crippen LogP contribution in [0.3, 0.4) is 0 Å². The zero-order chi connectivity index (χ0) is 14.7. The third-order valence-electron chi connectivity index (χ3n) is 3.98. The second kappa shape index (κ2) is 6.00. The third-order valence-corrected chi connectivity index (χ3v) is 3.98. The number of methoxy groups -OCH3 is 1. The number of anilines is 1. The van der Waals surface area contributed by atoms with Crippen molar-refractivity contribution >= 4 is 11.7 Å². The molecule has 2 aromatic rings. The Morgan fingerprint density at radius 1 is 0.905 bits per heavy atom. The predicted octanol–water partition coefficient (Wildman–Crippen LogP) is 3.74. The van der Waals surface area contributed by atoms with Crippen LogP contribution >= 0.6 is 0 Å². The topological polar surface area (TPSA) is 29.5 Å². The molecule has 0 saturated carbocycles. The maximum absolute atomic E-state index is 11.4. The van der Waals surface area contributed by atoms with E-state index in [1.54, 1.807) is 12.1 Å². The van der Waals surface area contributed by atoms with Gasteiger partial charge < -0.3 is 9.64 Å². The van der Waals surface area contributed by atoms with E-state index in [0.717, 1.165) is 24.2 Å². The smallest absolute Gasteiger partial charge is 0.337 e. The minimum atomic E-state index is -0.300. The normalized spacial score (nSPS) is 14.2. The summed E-state index contributed by atoms with van der Waals surface area (Å²) < 4.78 is 4.71. The molecule has 0 bridgehead atoms. The fourth-order valence-electron chi connectivity index (χ4n) is 2.76. The SMILES string of the molecule is COC(=O)c1ccc(-c2ccc(N3CCCC3)cc2)cc1. The third kappa shape index (κ3) is 2.92. The van der Waals surface area contributed by atoms with Crippen molar-refractivity contribution < 1.29 is 9.53 Å². The zero-order valence-electron chi connectivity index (χ0n) is 12.2. The van der Waals surface area contributed by atoms with Crippen molar-refractivity contribution in [3.63, 3.8) is 0 Å². The number of esters is 1. The van der Waals surface area contributed by atoms with Crippen LogP contribution in [-0.4, -0.2) is 26.2 Å². The van der Waals surface area contributed by atoms with Gasteiger partial charge in [0.05, 0.1) is 12.7 Å². The number of hydrogen-bond acceptors (Lipinski definition) is 3. The summed E-state index contributed by atoms with van der Waals surface area (Å²) in [4.78, 5) is 13.8. The van der Waals surface area contributed by atoms with E-state index in [2.05, 4.69) is 29.2 Å². The Bertz CT molecular complexity index is 611. The average molecular weight is 281 g/mol. The van der Waals surface area contributed by atoms with Crippen molar-refractivity contribution in [3.05, 3.63) is 54.1 Å². The Morgan fingerprint density at radius 2 is 1.43 bits per heavy atom. The Hall–Kier alpha value is -2.29. The summed E-state index contributed by atoms with van der Waals surface area (Å²) in [5.74, 6) is -0.300. The van der Waals surface area contributed by atoms with E-state index in [1.807, 2.05) is 12.1 Å². The lowest BCUT2D eigenvalue weighted by Gasteiger charge is -2.17. The molecule has 1 aliphatic heterocycles. The van der Waals surface area contributed by atoms with Crippen molar-refractivity contribution in [2.45, 2.75) is 12.8 Å². The maximum Gasteiger partial charge on any atom is 0.337 e. The second-order valence-corrected chi connectivity index (χ2v) is 5.31. The predicted molar refractivity (Wildman–Crippen MR) is 84.7 cm³/mol. The molecule has 2 aromatic carbocycles. The highest BCUT2D eigenvalue weighted by atomic mass is 16.5. The summed E-state index contributed by atoms with van der Waals surface area (Å²) >= 11 is 0. The molecular formula is C18H19NO2. The Morgan fingerprint density at radius 3 is 1.95 bits per heavy atom. The molecule has 0 aliphatic carbocycles. The van der Waals surface area contributed by atoms with Crippen LogP contribution in [0.5, 0.6) is 0 Å². The van der Waals surface area contributed by atoms with Gasteiger partial charge in [0.1, 0.15) is 0 Å². The first-order valence-electron chi connectivity index (χ1n) is 7.32. The summed E-state index contributed by atoms with van der Waals surface area (Å²) in [7, 11) is 1.40. The fourth-order valence-corrected chi connectivity index (χ4v) is 2.76. The number of nitrogens with zero attached hydrogens (tertiary/aromatic N) is 1. The summed E-state index contributed by atoms with van der Waals surface area (Å²) in [5.41, 5.74) is 4.14. The van der Waals surface area contributed by atoms with E-state index in [4.69, 9.17) is 4.74 Å². The van der Waals surface area contributed by atoms with Gasteiger partial charge in [0.25, 0.3) is 0 Å². The fraction of sp³-hybridized carbons (Fsp3) is 0.278. The van der Waals surface area contributed by atoms with Gasteiger partial charge in [0, 0.05) is 18.8 Å². The minimum Gasteiger partial charge on any atom is -0.465 e. The molecule has 3 nitrogen and oxygen atoms in total. The second-order valence-electron chi connectivity index (χ2n) is 5.31. The van der Waals surface area contributed by atoms with Gasteiger partial charge in [-0.15, -0.1) is 0 Å². The van der Waals surface area contributed by atoms with Crippen molar-refractivity contribution in [2.75, 3.05) is 25.1 Å². The van der Waals surface area contributed by atoms with Crippen LogP contribution < -0.4 is 4.90 Å². The van der Waals surface area contributed by atoms with Crippen LogP contribution in [0, 0.1) is 0 Å². The molecule has 0 unspecified atom stereocenters. The van der Waals surface area contributed by atoms with E-state index in [9.17, 15) is 4.79 Å². The van der Waals surface area contributed by atoms with Gasteiger partial charge in [0.2, 0.25) is 0 Å². The van der Waals surface area contributed by atoms with E-state index < -0.39 is 0 Å². The Kier molecular flexibility index (Phi) is 3.91. The van der Waals surface area contributed by atoms with E-state index in [-0.39, 0.29) is 5.97 Å². The van der Waals surface area contributed by atoms with Gasteiger partial charge in [-0.3, -0.25) is 0 Å². The molecule has 0 atom stereocenters. The molecule has 3 rings (SSSR count). The molecule has 1 heterocycles. The molecular weight excluding hydrogens is 262 g/mol. The van der Waals surface area contributed by atoms with E-state index in [1.165, 1.54) is 25.6 Å². The van der Waals surface area contributed by atoms with E-state index >= 15 is 0 Å². The van der Waals surface area contributed by atoms with Gasteiger partial charge in [-0.1, -0.05) is 24.3 Å². The number of carbonyl (C=O) groups excluding carboxylic acids is 1. The van der Waals surface area contributed by atoms with Gasteiger partial charge in [0.15, 0.2) is 0 Å². The van der Waals surface area contributed by atoms with Crippen molar-refractivity contribution in [1.29, 1.82) is 0 Å². The zero-order valence-corrected chi connectivity index (χ0v) is 12.2. The molecule has 0 N–H and O–H groups in total. The minimum absolute atomic E-state index is 0.300. The molecule has 0 aromatic heterocycles. The van der Waals surface area contributed by atoms with Crippen LogP contribution in [0.4, 0.5) is 5.69 Å². The first-order valence-corrected chi connectivity index (χ1v) is 7.32. The average Bonchev–Trinajstić information content (AvgIpc) is 3.09. The lowest BCUT2D eigenvalue weighted by Crippen LogP contribution is -2.17. The summed E-state index contributed by atoms with van der Waals surface area (Å²) in [6.45, 7) is 2.32. The Balaban J connectivity index is 1.78. The number of ether oxygens (including phenoxy) is 1. The van der Waals surface area contributed by atoms with Crippen LogP contribution in [0.15, 0.2) is 48.5 Å². The maximum atomic E-state index is 11.4. The van der Waals surface area contributed by atoms with Crippen LogP contribution in [-0.2, 0) is 4.74 Å². The van der Waals surface area contributed by atoms with Crippen LogP contribution in [0.2, 0.25) is 0 Å². The van der Waals surface area contributed by atoms with Gasteiger partial charge >= 0.3 is 5.97 Å².